The topological polar surface area (TPSA) is 47.0 Å². The average Bonchev–Trinajstić information content (AvgIpc) is 1.60. The van der Waals surface area contributed by atoms with Crippen LogP contribution in [0.25, 0.3) is 226 Å². The maximum Gasteiger partial charge on any atom is 0.333 e. The van der Waals surface area contributed by atoms with Gasteiger partial charge in [-0.25, -0.2) is 0 Å². The summed E-state index contributed by atoms with van der Waals surface area (Å²) in [4.78, 5) is 5.48. The van der Waals surface area contributed by atoms with Gasteiger partial charge in [-0.3, -0.25) is 0 Å². The average molecular weight is 1660 g/mol. The van der Waals surface area contributed by atoms with E-state index in [-0.39, 0.29) is 19.6 Å². The van der Waals surface area contributed by atoms with E-state index in [9.17, 15) is 0 Å². The van der Waals surface area contributed by atoms with E-state index in [0.717, 1.165) is 106 Å². The molecule has 131 heavy (non-hydrogen) atoms. The zero-order valence-corrected chi connectivity index (χ0v) is 70.8. The van der Waals surface area contributed by atoms with E-state index < -0.39 is 0 Å². The molecule has 20 aromatic carbocycles. The fraction of sp³-hybridized carbons (Fsp3) is 0.0164. The van der Waals surface area contributed by atoms with Crippen LogP contribution in [0.2, 0.25) is 0 Å². The molecular formula is C122H71B2N5O2. The molecule has 0 saturated heterocycles. The smallest absolute Gasteiger partial charge is 0.333 e. The van der Waals surface area contributed by atoms with Gasteiger partial charge in [0, 0.05) is 127 Å². The van der Waals surface area contributed by atoms with Gasteiger partial charge in [-0.15, -0.1) is 0 Å². The molecule has 0 fully saturated rings. The van der Waals surface area contributed by atoms with Crippen molar-refractivity contribution >= 4 is 184 Å². The second kappa shape index (κ2) is 25.9. The minimum absolute atomic E-state index is 0.0558. The lowest BCUT2D eigenvalue weighted by atomic mass is 9.39. The first-order valence-electron chi connectivity index (χ1n) is 45.7. The third-order valence-corrected chi connectivity index (χ3v) is 30.3. The molecule has 1 unspecified atom stereocenters. The first-order chi connectivity index (χ1) is 65.0. The van der Waals surface area contributed by atoms with Gasteiger partial charge in [0.2, 0.25) is 0 Å². The highest BCUT2D eigenvalue weighted by atomic mass is 16.3. The zero-order chi connectivity index (χ0) is 84.8. The van der Waals surface area contributed by atoms with E-state index >= 15 is 0 Å². The molecule has 1 aliphatic carbocycles. The molecule has 9 heteroatoms. The van der Waals surface area contributed by atoms with Crippen molar-refractivity contribution in [2.75, 3.05) is 9.62 Å². The standard InChI is InChI=1S/C122H71B2N5O2/c1-5-23-70(24-6-1)74-49-54-82(55-50-74)128-120-88(58-60-104-111(120)89-33-15-19-41-103(89)125(104)81-29-11-4-12-30-81)96-68-97-94-64-78(53-62-108(94)131-122(97)115-98-65-79-48-47-77(71-25-7-2-8-26-71)63-93(79)95-66-80(72-27-9-3-10-28-72)67-100(110(95)98)124(128)116(96)115)76-45-43-73(44-46-76)75-51-56-83(57-52-75)129-121-92(59-61-105-112(121)91-37-21-35-86-84-31-13-17-39-101(84)126(105)118(86)91)114-113-90-34-16-20-42-107(90)130-109(113)69-106-117(114)123(129)99-38-22-36-87-85-32-14-18-40-102(85)127(106)119(87)99/h1-64,66-69,98H,65H2. The Labute approximate surface area is 752 Å². The molecule has 7 nitrogen and oxygen atoms in total. The molecular weight excluding hydrogens is 1590 g/mol. The number of para-hydroxylation sites is 7. The van der Waals surface area contributed by atoms with Crippen molar-refractivity contribution in [2.24, 2.45) is 0 Å². The van der Waals surface area contributed by atoms with Crippen molar-refractivity contribution in [1.82, 2.24) is 13.5 Å². The number of hydrogen-bond donors (Lipinski definition) is 0. The van der Waals surface area contributed by atoms with Gasteiger partial charge in [-0.05, 0) is 220 Å². The van der Waals surface area contributed by atoms with Crippen LogP contribution in [0, 0.1) is 0 Å². The SMILES string of the molecule is c1ccc(-c2ccc(N3B4c5cc(-c6ccccc6)cc6c5C(Cc5ccc(-c7ccccc7)cc5-6)c5c4c(cc4c5oc5ccc(-c6ccc(-c7ccc(N8B9c%10c(cc%11oc%12ccccc%12c%11c%10-c%10ccc%11c(c%108)c8cccc%10c%12ccccc%12n%11c%108)-n8c%10ccccc%10c%10cccc9c%108)cc7)cc6)cc54)-c4ccc5c(c43)c3ccccc3n5-c3ccccc3)cc2)cc1. The summed E-state index contributed by atoms with van der Waals surface area (Å²) >= 11 is 0. The number of aromatic nitrogens is 3. The first-order valence-corrected chi connectivity index (χ1v) is 45.7. The lowest BCUT2D eigenvalue weighted by Crippen LogP contribution is -2.62. The van der Waals surface area contributed by atoms with Crippen molar-refractivity contribution in [3.05, 3.63) is 429 Å². The molecule has 0 radical (unpaired) electrons. The predicted molar refractivity (Wildman–Crippen MR) is 547 cm³/mol. The summed E-state index contributed by atoms with van der Waals surface area (Å²) in [6.45, 7) is -0.533. The number of fused-ring (bicyclic) bond motifs is 32. The molecule has 0 saturated carbocycles. The summed E-state index contributed by atoms with van der Waals surface area (Å²) in [6, 6.07) is 156. The lowest BCUT2D eigenvalue weighted by Gasteiger charge is -2.46. The normalized spacial score (nSPS) is 13.9. The Bertz CT molecular complexity index is 9520. The molecule has 26 aromatic rings. The molecule has 10 heterocycles. The highest BCUT2D eigenvalue weighted by Crippen LogP contribution is 2.59. The lowest BCUT2D eigenvalue weighted by molar-refractivity contribution is 0.655. The van der Waals surface area contributed by atoms with Gasteiger partial charge in [0.1, 0.15) is 22.3 Å². The molecule has 6 aromatic heterocycles. The van der Waals surface area contributed by atoms with Crippen LogP contribution in [0.4, 0.5) is 22.7 Å². The monoisotopic (exact) mass is 1660 g/mol. The third-order valence-electron chi connectivity index (χ3n) is 30.3. The Morgan fingerprint density at radius 2 is 0.763 bits per heavy atom. The number of nitrogens with zero attached hydrogens (tertiary/aromatic N) is 5. The number of rotatable bonds is 8. The van der Waals surface area contributed by atoms with Gasteiger partial charge >= 0.3 is 13.7 Å². The molecule has 602 valence electrons. The Balaban J connectivity index is 0.594. The van der Waals surface area contributed by atoms with Crippen LogP contribution in [0.3, 0.4) is 0 Å². The fourth-order valence-electron chi connectivity index (χ4n) is 24.9. The number of benzene rings is 20. The highest BCUT2D eigenvalue weighted by molar-refractivity contribution is 6.94. The summed E-state index contributed by atoms with van der Waals surface area (Å²) < 4.78 is 22.4. The van der Waals surface area contributed by atoms with E-state index in [1.54, 1.807) is 0 Å². The number of anilines is 4. The van der Waals surface area contributed by atoms with Crippen LogP contribution in [-0.2, 0) is 6.42 Å². The number of furan rings is 2. The van der Waals surface area contributed by atoms with Gasteiger partial charge in [0.05, 0.1) is 38.6 Å². The van der Waals surface area contributed by atoms with Crippen LogP contribution in [0.15, 0.2) is 421 Å². The molecule has 4 aliphatic heterocycles. The van der Waals surface area contributed by atoms with Gasteiger partial charge in [0.25, 0.3) is 0 Å². The maximum absolute atomic E-state index is 7.75. The number of hydrogen-bond acceptors (Lipinski definition) is 4. The van der Waals surface area contributed by atoms with Crippen molar-refractivity contribution in [1.29, 1.82) is 0 Å². The Kier molecular flexibility index (Phi) is 13.9. The summed E-state index contributed by atoms with van der Waals surface area (Å²) in [5, 5.41) is 14.4. The van der Waals surface area contributed by atoms with Gasteiger partial charge < -0.3 is 32.0 Å². The van der Waals surface area contributed by atoms with Crippen molar-refractivity contribution in [3.8, 4) is 100 Å². The minimum Gasteiger partial charge on any atom is -0.456 e. The van der Waals surface area contributed by atoms with Gasteiger partial charge in [-0.2, -0.15) is 0 Å². The second-order valence-corrected chi connectivity index (χ2v) is 36.6. The predicted octanol–water partition coefficient (Wildman–Crippen LogP) is 29.0. The van der Waals surface area contributed by atoms with Crippen LogP contribution >= 0.6 is 0 Å². The van der Waals surface area contributed by atoms with E-state index in [0.29, 0.717) is 0 Å². The summed E-state index contributed by atoms with van der Waals surface area (Å²) in [5.41, 5.74) is 47.2. The van der Waals surface area contributed by atoms with E-state index in [4.69, 9.17) is 8.83 Å². The summed E-state index contributed by atoms with van der Waals surface area (Å²) in [6.07, 6.45) is 0.804. The molecule has 0 spiro atoms. The largest absolute Gasteiger partial charge is 0.456 e. The zero-order valence-electron chi connectivity index (χ0n) is 70.8. The quantitative estimate of drug-likeness (QED) is 0.142. The van der Waals surface area contributed by atoms with E-state index in [2.05, 4.69) is 436 Å². The van der Waals surface area contributed by atoms with Crippen LogP contribution in [0.1, 0.15) is 22.6 Å². The fourth-order valence-corrected chi connectivity index (χ4v) is 24.9. The van der Waals surface area contributed by atoms with E-state index in [1.165, 1.54) is 187 Å². The molecule has 1 atom stereocenters. The Hall–Kier alpha value is -16.9. The van der Waals surface area contributed by atoms with Gasteiger partial charge in [-0.1, -0.05) is 303 Å². The Morgan fingerprint density at radius 1 is 0.252 bits per heavy atom. The van der Waals surface area contributed by atoms with Crippen LogP contribution in [-0.4, -0.2) is 27.2 Å². The van der Waals surface area contributed by atoms with Crippen molar-refractivity contribution < 1.29 is 8.83 Å². The molecule has 0 amide bonds. The molecule has 31 rings (SSSR count). The highest BCUT2D eigenvalue weighted by Gasteiger charge is 2.51. The van der Waals surface area contributed by atoms with Crippen LogP contribution < -0.4 is 31.5 Å². The first kappa shape index (κ1) is 70.3. The second-order valence-electron chi connectivity index (χ2n) is 36.6. The minimum atomic E-state index is -0.304. The summed E-state index contributed by atoms with van der Waals surface area (Å²) in [5.74, 6) is -0.0558. The summed E-state index contributed by atoms with van der Waals surface area (Å²) in [7, 11) is 0. The molecule has 5 aliphatic rings. The third kappa shape index (κ3) is 9.42. The molecule has 0 N–H and O–H groups in total. The van der Waals surface area contributed by atoms with E-state index in [1.807, 2.05) is 0 Å². The van der Waals surface area contributed by atoms with Gasteiger partial charge in [0.15, 0.2) is 0 Å². The van der Waals surface area contributed by atoms with Crippen LogP contribution in [0.5, 0.6) is 0 Å². The molecule has 0 bridgehead atoms. The van der Waals surface area contributed by atoms with Crippen molar-refractivity contribution in [2.45, 2.75) is 12.3 Å². The Morgan fingerprint density at radius 3 is 1.49 bits per heavy atom. The van der Waals surface area contributed by atoms with Crippen molar-refractivity contribution in [3.63, 3.8) is 0 Å². The maximum atomic E-state index is 7.75.